The number of ether oxygens (including phenoxy) is 1. The number of hydrogen-bond donors (Lipinski definition) is 0. The number of carbonyl (C=O) groups is 2. The molecule has 0 bridgehead atoms. The van der Waals surface area contributed by atoms with Crippen molar-refractivity contribution in [1.82, 2.24) is 0 Å². The Kier molecular flexibility index (Phi) is 2.45. The van der Waals surface area contributed by atoms with E-state index < -0.39 is 0 Å². The van der Waals surface area contributed by atoms with Crippen molar-refractivity contribution in [2.45, 2.75) is 52.6 Å². The van der Waals surface area contributed by atoms with E-state index in [9.17, 15) is 9.59 Å². The van der Waals surface area contributed by atoms with Gasteiger partial charge in [-0.05, 0) is 55.9 Å². The van der Waals surface area contributed by atoms with Crippen molar-refractivity contribution in [1.29, 1.82) is 0 Å². The van der Waals surface area contributed by atoms with Gasteiger partial charge in [-0.3, -0.25) is 0 Å². The Hall–Kier alpha value is -1.12. The monoisotopic (exact) mass is 248 g/mol. The fourth-order valence-corrected chi connectivity index (χ4v) is 4.08. The Morgan fingerprint density at radius 1 is 1.50 bits per heavy atom. The molecule has 3 nitrogen and oxygen atoms in total. The lowest BCUT2D eigenvalue weighted by Crippen LogP contribution is -2.22. The Morgan fingerprint density at radius 3 is 2.89 bits per heavy atom. The van der Waals surface area contributed by atoms with Crippen molar-refractivity contribution in [2.75, 3.05) is 0 Å². The zero-order valence-corrected chi connectivity index (χ0v) is 11.3. The second-order valence-electron chi connectivity index (χ2n) is 6.41. The molecule has 0 unspecified atom stereocenters. The second-order valence-corrected chi connectivity index (χ2v) is 6.41. The Balaban J connectivity index is 1.74. The smallest absolute Gasteiger partial charge is 0.334 e. The van der Waals surface area contributed by atoms with Crippen LogP contribution in [0.4, 0.5) is 0 Å². The maximum absolute atomic E-state index is 11.5. The van der Waals surface area contributed by atoms with Crippen molar-refractivity contribution in [3.8, 4) is 0 Å². The lowest BCUT2D eigenvalue weighted by atomic mass is 9.83. The van der Waals surface area contributed by atoms with E-state index in [1.807, 2.05) is 6.92 Å². The minimum Gasteiger partial charge on any atom is -0.454 e. The highest BCUT2D eigenvalue weighted by molar-refractivity contribution is 5.91. The lowest BCUT2D eigenvalue weighted by molar-refractivity contribution is -0.140. The molecule has 2 aliphatic carbocycles. The minimum absolute atomic E-state index is 0.0288. The van der Waals surface area contributed by atoms with Crippen molar-refractivity contribution in [3.63, 3.8) is 0 Å². The van der Waals surface area contributed by atoms with Crippen molar-refractivity contribution < 1.29 is 14.3 Å². The van der Waals surface area contributed by atoms with Gasteiger partial charge in [-0.1, -0.05) is 6.92 Å². The number of Topliss-reactive ketones (excluding diaryl/α,β-unsaturated/α-hetero) is 1. The third-order valence-corrected chi connectivity index (χ3v) is 5.37. The van der Waals surface area contributed by atoms with Crippen LogP contribution in [0, 0.1) is 17.3 Å². The molecule has 98 valence electrons. The third-order valence-electron chi connectivity index (χ3n) is 5.37. The van der Waals surface area contributed by atoms with E-state index in [0.717, 1.165) is 24.8 Å². The van der Waals surface area contributed by atoms with E-state index >= 15 is 0 Å². The first-order valence-corrected chi connectivity index (χ1v) is 6.83. The van der Waals surface area contributed by atoms with Gasteiger partial charge in [0, 0.05) is 12.0 Å². The van der Waals surface area contributed by atoms with Crippen molar-refractivity contribution >= 4 is 11.8 Å². The van der Waals surface area contributed by atoms with Crippen LogP contribution >= 0.6 is 0 Å². The largest absolute Gasteiger partial charge is 0.454 e. The Morgan fingerprint density at radius 2 is 2.22 bits per heavy atom. The summed E-state index contributed by atoms with van der Waals surface area (Å²) in [5.74, 6) is 1.46. The summed E-state index contributed by atoms with van der Waals surface area (Å²) in [7, 11) is 0. The first-order valence-electron chi connectivity index (χ1n) is 6.83. The maximum Gasteiger partial charge on any atom is 0.334 e. The molecule has 3 aliphatic rings. The highest BCUT2D eigenvalue weighted by atomic mass is 16.5. The summed E-state index contributed by atoms with van der Waals surface area (Å²) in [4.78, 5) is 22.6. The van der Waals surface area contributed by atoms with E-state index in [-0.39, 0.29) is 17.9 Å². The first kappa shape index (κ1) is 11.9. The van der Waals surface area contributed by atoms with Crippen LogP contribution in [0.25, 0.3) is 0 Å². The van der Waals surface area contributed by atoms with Crippen LogP contribution in [0.3, 0.4) is 0 Å². The Bertz CT molecular complexity index is 462. The molecular formula is C15H20O3. The zero-order chi connectivity index (χ0) is 13.1. The van der Waals surface area contributed by atoms with Crippen LogP contribution < -0.4 is 0 Å². The van der Waals surface area contributed by atoms with Crippen LogP contribution in [0.1, 0.15) is 46.5 Å². The molecule has 3 rings (SSSR count). The molecule has 0 aromatic heterocycles. The van der Waals surface area contributed by atoms with Crippen LogP contribution in [0.2, 0.25) is 0 Å². The molecule has 2 fully saturated rings. The summed E-state index contributed by atoms with van der Waals surface area (Å²) in [6.07, 6.45) is 3.68. The second kappa shape index (κ2) is 3.69. The van der Waals surface area contributed by atoms with E-state index in [4.69, 9.17) is 4.74 Å². The summed E-state index contributed by atoms with van der Waals surface area (Å²) in [6.45, 7) is 5.84. The van der Waals surface area contributed by atoms with Gasteiger partial charge in [0.2, 0.25) is 0 Å². The molecule has 0 amide bonds. The fourth-order valence-electron chi connectivity index (χ4n) is 4.08. The number of fused-ring (bicyclic) bond motifs is 2. The molecule has 0 radical (unpaired) electrons. The van der Waals surface area contributed by atoms with E-state index in [2.05, 4.69) is 6.92 Å². The van der Waals surface area contributed by atoms with Crippen LogP contribution in [-0.4, -0.2) is 17.9 Å². The average molecular weight is 248 g/mol. The van der Waals surface area contributed by atoms with Crippen molar-refractivity contribution in [2.24, 2.45) is 17.3 Å². The number of carbonyl (C=O) groups excluding carboxylic acids is 2. The number of rotatable bonds is 3. The topological polar surface area (TPSA) is 43.4 Å². The summed E-state index contributed by atoms with van der Waals surface area (Å²) in [5, 5.41) is 0. The third kappa shape index (κ3) is 1.56. The quantitative estimate of drug-likeness (QED) is 0.721. The summed E-state index contributed by atoms with van der Waals surface area (Å²) >= 11 is 0. The summed E-state index contributed by atoms with van der Waals surface area (Å²) in [6, 6.07) is 0. The van der Waals surface area contributed by atoms with Gasteiger partial charge in [0.05, 0.1) is 0 Å². The van der Waals surface area contributed by atoms with Crippen LogP contribution in [0.15, 0.2) is 11.1 Å². The lowest BCUT2D eigenvalue weighted by Gasteiger charge is -2.24. The highest BCUT2D eigenvalue weighted by Gasteiger charge is 2.64. The highest BCUT2D eigenvalue weighted by Crippen LogP contribution is 2.69. The van der Waals surface area contributed by atoms with Gasteiger partial charge in [0.15, 0.2) is 0 Å². The Labute approximate surface area is 108 Å². The summed E-state index contributed by atoms with van der Waals surface area (Å²) < 4.78 is 5.43. The average Bonchev–Trinajstić information content (AvgIpc) is 2.77. The predicted octanol–water partition coefficient (Wildman–Crippen LogP) is 2.64. The molecule has 18 heavy (non-hydrogen) atoms. The van der Waals surface area contributed by atoms with Gasteiger partial charge in [-0.2, -0.15) is 0 Å². The normalized spacial score (nSPS) is 41.3. The summed E-state index contributed by atoms with van der Waals surface area (Å²) in [5.41, 5.74) is 2.36. The first-order chi connectivity index (χ1) is 8.43. The van der Waals surface area contributed by atoms with E-state index in [1.54, 1.807) is 6.92 Å². The zero-order valence-electron chi connectivity index (χ0n) is 11.3. The molecule has 0 aromatic rings. The number of esters is 1. The van der Waals surface area contributed by atoms with Gasteiger partial charge in [0.1, 0.15) is 11.9 Å². The van der Waals surface area contributed by atoms with Gasteiger partial charge in [-0.15, -0.1) is 0 Å². The van der Waals surface area contributed by atoms with Gasteiger partial charge >= 0.3 is 5.97 Å². The molecule has 1 heterocycles. The number of ketones is 1. The van der Waals surface area contributed by atoms with Crippen LogP contribution in [0.5, 0.6) is 0 Å². The molecule has 0 spiro atoms. The standard InChI is InChI=1S/C15H20O3/c1-8(16)4-5-11-12-6-10-9(2)14(17)18-13(10)7-15(11,12)3/h11-13H,4-7H2,1-3H3/t11-,12-,13-,15+/m1/s1. The SMILES string of the molecule is CC(=O)CC[C@@H]1[C@H]2CC3=C(C)C(=O)O[C@@H]3C[C@@]12C. The molecule has 1 aliphatic heterocycles. The molecule has 0 N–H and O–H groups in total. The minimum atomic E-state index is -0.125. The fraction of sp³-hybridized carbons (Fsp3) is 0.733. The van der Waals surface area contributed by atoms with Gasteiger partial charge in [0.25, 0.3) is 0 Å². The van der Waals surface area contributed by atoms with Gasteiger partial charge in [-0.25, -0.2) is 4.79 Å². The van der Waals surface area contributed by atoms with E-state index in [0.29, 0.717) is 23.7 Å². The molecule has 0 aromatic carbocycles. The van der Waals surface area contributed by atoms with E-state index in [1.165, 1.54) is 5.57 Å². The van der Waals surface area contributed by atoms with Crippen molar-refractivity contribution in [3.05, 3.63) is 11.1 Å². The molecule has 0 saturated heterocycles. The molecule has 2 saturated carbocycles. The maximum atomic E-state index is 11.5. The molecule has 3 heteroatoms. The van der Waals surface area contributed by atoms with Gasteiger partial charge < -0.3 is 9.53 Å². The molecule has 4 atom stereocenters. The number of hydrogen-bond acceptors (Lipinski definition) is 3. The molecular weight excluding hydrogens is 228 g/mol. The van der Waals surface area contributed by atoms with Crippen LogP contribution in [-0.2, 0) is 14.3 Å². The predicted molar refractivity (Wildman–Crippen MR) is 66.8 cm³/mol.